The van der Waals surface area contributed by atoms with Gasteiger partial charge in [0.2, 0.25) is 0 Å². The standard InChI is InChI=1S/C23H23N5O3/c1-16-21(17(2)31-26-16)15-30-20-5-3-19(4-6-20)23(29)28-11-9-27(10-12-28)22-13-18(14-24)7-8-25-22/h3-8,13H,9-12,15H2,1-2H3. The summed E-state index contributed by atoms with van der Waals surface area (Å²) in [4.78, 5) is 21.2. The summed E-state index contributed by atoms with van der Waals surface area (Å²) < 4.78 is 11.0. The number of pyridine rings is 1. The van der Waals surface area contributed by atoms with Gasteiger partial charge in [0.25, 0.3) is 5.91 Å². The van der Waals surface area contributed by atoms with Gasteiger partial charge in [-0.3, -0.25) is 4.79 Å². The van der Waals surface area contributed by atoms with Gasteiger partial charge in [-0.1, -0.05) is 5.16 Å². The molecule has 0 bridgehead atoms. The quantitative estimate of drug-likeness (QED) is 0.629. The Labute approximate surface area is 180 Å². The molecule has 8 heteroatoms. The van der Waals surface area contributed by atoms with Crippen molar-refractivity contribution >= 4 is 11.7 Å². The zero-order chi connectivity index (χ0) is 21.8. The number of carbonyl (C=O) groups excluding carboxylic acids is 1. The molecule has 1 aromatic carbocycles. The zero-order valence-electron chi connectivity index (χ0n) is 17.5. The normalized spacial score (nSPS) is 13.7. The second-order valence-corrected chi connectivity index (χ2v) is 7.41. The smallest absolute Gasteiger partial charge is 0.253 e. The molecule has 0 atom stereocenters. The van der Waals surface area contributed by atoms with Crippen LogP contribution in [0, 0.1) is 25.2 Å². The first-order valence-electron chi connectivity index (χ1n) is 10.1. The molecule has 4 rings (SSSR count). The summed E-state index contributed by atoms with van der Waals surface area (Å²) in [5.74, 6) is 2.20. The number of nitriles is 1. The lowest BCUT2D eigenvalue weighted by Gasteiger charge is -2.35. The summed E-state index contributed by atoms with van der Waals surface area (Å²) >= 11 is 0. The van der Waals surface area contributed by atoms with E-state index in [1.807, 2.05) is 18.7 Å². The Morgan fingerprint density at radius 3 is 2.55 bits per heavy atom. The Morgan fingerprint density at radius 1 is 1.16 bits per heavy atom. The van der Waals surface area contributed by atoms with Gasteiger partial charge >= 0.3 is 0 Å². The molecule has 1 aliphatic heterocycles. The Hall–Kier alpha value is -3.86. The van der Waals surface area contributed by atoms with Crippen LogP contribution < -0.4 is 9.64 Å². The van der Waals surface area contributed by atoms with E-state index in [0.29, 0.717) is 49.7 Å². The van der Waals surface area contributed by atoms with E-state index in [1.54, 1.807) is 42.6 Å². The first-order chi connectivity index (χ1) is 15.0. The van der Waals surface area contributed by atoms with E-state index < -0.39 is 0 Å². The summed E-state index contributed by atoms with van der Waals surface area (Å²) in [5.41, 5.74) is 2.97. The van der Waals surface area contributed by atoms with Crippen LogP contribution in [-0.4, -0.2) is 47.1 Å². The molecule has 31 heavy (non-hydrogen) atoms. The van der Waals surface area contributed by atoms with E-state index in [2.05, 4.69) is 21.1 Å². The van der Waals surface area contributed by atoms with Gasteiger partial charge in [-0.2, -0.15) is 5.26 Å². The number of benzene rings is 1. The molecule has 3 heterocycles. The predicted octanol–water partition coefficient (Wildman–Crippen LogP) is 3.10. The monoisotopic (exact) mass is 417 g/mol. The average Bonchev–Trinajstić information content (AvgIpc) is 3.14. The maximum atomic E-state index is 12.9. The van der Waals surface area contributed by atoms with Crippen LogP contribution >= 0.6 is 0 Å². The van der Waals surface area contributed by atoms with Crippen molar-refractivity contribution in [2.24, 2.45) is 0 Å². The highest BCUT2D eigenvalue weighted by Crippen LogP contribution is 2.20. The second kappa shape index (κ2) is 8.88. The molecule has 0 spiro atoms. The largest absolute Gasteiger partial charge is 0.489 e. The van der Waals surface area contributed by atoms with Crippen LogP contribution in [0.15, 0.2) is 47.1 Å². The van der Waals surface area contributed by atoms with Gasteiger partial charge in [0.05, 0.1) is 22.9 Å². The summed E-state index contributed by atoms with van der Waals surface area (Å²) in [7, 11) is 0. The maximum absolute atomic E-state index is 12.9. The van der Waals surface area contributed by atoms with Gasteiger partial charge < -0.3 is 19.1 Å². The Morgan fingerprint density at radius 2 is 1.90 bits per heavy atom. The van der Waals surface area contributed by atoms with E-state index >= 15 is 0 Å². The summed E-state index contributed by atoms with van der Waals surface area (Å²) in [6, 6.07) is 12.8. The number of nitrogens with zero attached hydrogens (tertiary/aromatic N) is 5. The van der Waals surface area contributed by atoms with Crippen LogP contribution in [-0.2, 0) is 6.61 Å². The molecule has 0 radical (unpaired) electrons. The second-order valence-electron chi connectivity index (χ2n) is 7.41. The summed E-state index contributed by atoms with van der Waals surface area (Å²) in [6.45, 7) is 6.66. The number of piperazine rings is 1. The third-order valence-electron chi connectivity index (χ3n) is 5.43. The summed E-state index contributed by atoms with van der Waals surface area (Å²) in [5, 5.41) is 13.0. The lowest BCUT2D eigenvalue weighted by molar-refractivity contribution is 0.0746. The lowest BCUT2D eigenvalue weighted by Crippen LogP contribution is -2.49. The molecule has 0 N–H and O–H groups in total. The van der Waals surface area contributed by atoms with Crippen molar-refractivity contribution in [2.75, 3.05) is 31.1 Å². The van der Waals surface area contributed by atoms with E-state index in [-0.39, 0.29) is 5.91 Å². The van der Waals surface area contributed by atoms with E-state index in [9.17, 15) is 4.79 Å². The first kappa shape index (κ1) is 20.4. The molecule has 0 saturated carbocycles. The molecule has 0 aliphatic carbocycles. The number of hydrogen-bond donors (Lipinski definition) is 0. The number of rotatable bonds is 5. The highest BCUT2D eigenvalue weighted by molar-refractivity contribution is 5.94. The predicted molar refractivity (Wildman–Crippen MR) is 114 cm³/mol. The molecule has 1 saturated heterocycles. The van der Waals surface area contributed by atoms with Gasteiger partial charge in [0, 0.05) is 37.9 Å². The van der Waals surface area contributed by atoms with Crippen LogP contribution in [0.4, 0.5) is 5.82 Å². The number of carbonyl (C=O) groups is 1. The highest BCUT2D eigenvalue weighted by atomic mass is 16.5. The fourth-order valence-electron chi connectivity index (χ4n) is 3.54. The molecular weight excluding hydrogens is 394 g/mol. The van der Waals surface area contributed by atoms with Gasteiger partial charge in [0.1, 0.15) is 23.9 Å². The van der Waals surface area contributed by atoms with Crippen LogP contribution in [0.3, 0.4) is 0 Å². The fraction of sp³-hybridized carbons (Fsp3) is 0.304. The number of hydrogen-bond acceptors (Lipinski definition) is 7. The van der Waals surface area contributed by atoms with Crippen molar-refractivity contribution in [1.29, 1.82) is 5.26 Å². The molecule has 8 nitrogen and oxygen atoms in total. The van der Waals surface area contributed by atoms with Crippen LogP contribution in [0.2, 0.25) is 0 Å². The number of aromatic nitrogens is 2. The zero-order valence-corrected chi connectivity index (χ0v) is 17.5. The van der Waals surface area contributed by atoms with E-state index in [1.165, 1.54) is 0 Å². The van der Waals surface area contributed by atoms with Crippen molar-refractivity contribution in [3.05, 3.63) is 70.7 Å². The van der Waals surface area contributed by atoms with Crippen molar-refractivity contribution in [3.63, 3.8) is 0 Å². The molecule has 158 valence electrons. The molecule has 1 fully saturated rings. The Bertz CT molecular complexity index is 1090. The van der Waals surface area contributed by atoms with Gasteiger partial charge in [-0.15, -0.1) is 0 Å². The van der Waals surface area contributed by atoms with Crippen molar-refractivity contribution < 1.29 is 14.1 Å². The number of amides is 1. The summed E-state index contributed by atoms with van der Waals surface area (Å²) in [6.07, 6.45) is 1.64. The Balaban J connectivity index is 1.33. The van der Waals surface area contributed by atoms with E-state index in [0.717, 1.165) is 22.8 Å². The molecule has 0 unspecified atom stereocenters. The maximum Gasteiger partial charge on any atom is 0.253 e. The third kappa shape index (κ3) is 4.51. The van der Waals surface area contributed by atoms with E-state index in [4.69, 9.17) is 14.5 Å². The molecular formula is C23H23N5O3. The lowest BCUT2D eigenvalue weighted by atomic mass is 10.1. The molecule has 2 aromatic heterocycles. The number of anilines is 1. The Kier molecular flexibility index (Phi) is 5.85. The van der Waals surface area contributed by atoms with Crippen molar-refractivity contribution in [1.82, 2.24) is 15.0 Å². The van der Waals surface area contributed by atoms with Gasteiger partial charge in [-0.05, 0) is 50.2 Å². The highest BCUT2D eigenvalue weighted by Gasteiger charge is 2.23. The minimum Gasteiger partial charge on any atom is -0.489 e. The van der Waals surface area contributed by atoms with Crippen LogP contribution in [0.5, 0.6) is 5.75 Å². The topological polar surface area (TPSA) is 95.5 Å². The molecule has 3 aromatic rings. The van der Waals surface area contributed by atoms with Crippen molar-refractivity contribution in [3.8, 4) is 11.8 Å². The van der Waals surface area contributed by atoms with Crippen LogP contribution in [0.25, 0.3) is 0 Å². The van der Waals surface area contributed by atoms with Gasteiger partial charge in [0.15, 0.2) is 0 Å². The molecule has 1 aliphatic rings. The molecule has 1 amide bonds. The number of ether oxygens (including phenoxy) is 1. The average molecular weight is 417 g/mol. The minimum absolute atomic E-state index is 0.00402. The minimum atomic E-state index is -0.00402. The van der Waals surface area contributed by atoms with Crippen LogP contribution in [0.1, 0.15) is 32.9 Å². The SMILES string of the molecule is Cc1noc(C)c1COc1ccc(C(=O)N2CCN(c3cc(C#N)ccn3)CC2)cc1. The third-order valence-corrected chi connectivity index (χ3v) is 5.43. The first-order valence-corrected chi connectivity index (χ1v) is 10.1. The van der Waals surface area contributed by atoms with Gasteiger partial charge in [-0.25, -0.2) is 4.98 Å². The number of aryl methyl sites for hydroxylation is 2. The fourth-order valence-corrected chi connectivity index (χ4v) is 3.54. The van der Waals surface area contributed by atoms with Crippen molar-refractivity contribution in [2.45, 2.75) is 20.5 Å².